The number of aromatic nitrogens is 1. The minimum absolute atomic E-state index is 0.170. The molecule has 0 radical (unpaired) electrons. The van der Waals surface area contributed by atoms with Crippen molar-refractivity contribution < 1.29 is 17.6 Å². The molecule has 1 aromatic heterocycles. The van der Waals surface area contributed by atoms with Gasteiger partial charge in [0.2, 0.25) is 0 Å². The van der Waals surface area contributed by atoms with Gasteiger partial charge in [0.15, 0.2) is 0 Å². The normalized spacial score (nSPS) is 10.8. The van der Waals surface area contributed by atoms with Crippen LogP contribution in [0.4, 0.5) is 17.6 Å². The Kier molecular flexibility index (Phi) is 3.96. The Bertz CT molecular complexity index is 681. The number of halogens is 5. The van der Waals surface area contributed by atoms with Crippen molar-refractivity contribution in [3.05, 3.63) is 64.2 Å². The molecule has 20 heavy (non-hydrogen) atoms. The van der Waals surface area contributed by atoms with Crippen LogP contribution in [-0.4, -0.2) is 4.98 Å². The molecule has 2 aromatic rings. The highest BCUT2D eigenvalue weighted by Gasteiger charge is 2.32. The molecule has 1 aromatic carbocycles. The van der Waals surface area contributed by atoms with Gasteiger partial charge in [0, 0.05) is 5.56 Å². The van der Waals surface area contributed by atoms with Crippen molar-refractivity contribution in [2.24, 2.45) is 0 Å². The van der Waals surface area contributed by atoms with Crippen LogP contribution in [0, 0.1) is 17.7 Å². The highest BCUT2D eigenvalue weighted by atomic mass is 35.5. The van der Waals surface area contributed by atoms with Crippen molar-refractivity contribution in [3.63, 3.8) is 0 Å². The first-order valence-corrected chi connectivity index (χ1v) is 5.75. The zero-order chi connectivity index (χ0) is 14.8. The summed E-state index contributed by atoms with van der Waals surface area (Å²) < 4.78 is 49.9. The van der Waals surface area contributed by atoms with Gasteiger partial charge in [-0.25, -0.2) is 9.37 Å². The fourth-order valence-electron chi connectivity index (χ4n) is 1.36. The van der Waals surface area contributed by atoms with E-state index >= 15 is 0 Å². The van der Waals surface area contributed by atoms with E-state index in [1.807, 2.05) is 0 Å². The number of pyridine rings is 1. The van der Waals surface area contributed by atoms with Crippen LogP contribution >= 0.6 is 11.6 Å². The lowest BCUT2D eigenvalue weighted by Gasteiger charge is -2.05. The zero-order valence-electron chi connectivity index (χ0n) is 9.80. The lowest BCUT2D eigenvalue weighted by Crippen LogP contribution is -2.08. The summed E-state index contributed by atoms with van der Waals surface area (Å²) in [7, 11) is 0. The van der Waals surface area contributed by atoms with E-state index in [-0.39, 0.29) is 10.7 Å². The Morgan fingerprint density at radius 2 is 1.60 bits per heavy atom. The summed E-state index contributed by atoms with van der Waals surface area (Å²) >= 11 is 5.65. The van der Waals surface area contributed by atoms with Crippen LogP contribution in [0.1, 0.15) is 16.8 Å². The molecule has 0 bridgehead atoms. The van der Waals surface area contributed by atoms with E-state index in [2.05, 4.69) is 16.8 Å². The SMILES string of the molecule is Fc1ccc(C#Cc2ccc(C(F)(F)F)nc2Cl)cc1. The maximum atomic E-state index is 12.7. The van der Waals surface area contributed by atoms with Gasteiger partial charge in [-0.3, -0.25) is 0 Å². The summed E-state index contributed by atoms with van der Waals surface area (Å²) in [6.07, 6.45) is -4.55. The van der Waals surface area contributed by atoms with Crippen molar-refractivity contribution in [2.45, 2.75) is 6.18 Å². The van der Waals surface area contributed by atoms with E-state index in [0.29, 0.717) is 5.56 Å². The maximum absolute atomic E-state index is 12.7. The van der Waals surface area contributed by atoms with Gasteiger partial charge in [-0.05, 0) is 36.4 Å². The molecule has 2 rings (SSSR count). The summed E-state index contributed by atoms with van der Waals surface area (Å²) in [5.41, 5.74) is -0.388. The van der Waals surface area contributed by atoms with E-state index in [9.17, 15) is 17.6 Å². The smallest absolute Gasteiger partial charge is 0.230 e. The monoisotopic (exact) mass is 299 g/mol. The number of nitrogens with zero attached hydrogens (tertiary/aromatic N) is 1. The van der Waals surface area contributed by atoms with E-state index in [0.717, 1.165) is 12.1 Å². The van der Waals surface area contributed by atoms with Crippen LogP contribution < -0.4 is 0 Å². The fourth-order valence-corrected chi connectivity index (χ4v) is 1.56. The van der Waals surface area contributed by atoms with Gasteiger partial charge in [0.1, 0.15) is 16.7 Å². The molecule has 102 valence electrons. The molecule has 0 saturated heterocycles. The second-order valence-corrected chi connectivity index (χ2v) is 4.15. The second kappa shape index (κ2) is 5.51. The highest BCUT2D eigenvalue weighted by Crippen LogP contribution is 2.29. The van der Waals surface area contributed by atoms with Gasteiger partial charge >= 0.3 is 6.18 Å². The second-order valence-electron chi connectivity index (χ2n) is 3.79. The Labute approximate surface area is 117 Å². The molecular weight excluding hydrogens is 294 g/mol. The molecule has 0 unspecified atom stereocenters. The van der Waals surface area contributed by atoms with E-state index < -0.39 is 17.7 Å². The Balaban J connectivity index is 2.29. The Hall–Kier alpha value is -2.06. The number of hydrogen-bond donors (Lipinski definition) is 0. The molecule has 6 heteroatoms. The van der Waals surface area contributed by atoms with Crippen molar-refractivity contribution >= 4 is 11.6 Å². The summed E-state index contributed by atoms with van der Waals surface area (Å²) in [4.78, 5) is 3.25. The lowest BCUT2D eigenvalue weighted by molar-refractivity contribution is -0.141. The fraction of sp³-hybridized carbons (Fsp3) is 0.0714. The quantitative estimate of drug-likeness (QED) is 0.402. The average molecular weight is 300 g/mol. The van der Waals surface area contributed by atoms with Gasteiger partial charge in [-0.15, -0.1) is 0 Å². The Morgan fingerprint density at radius 3 is 2.15 bits per heavy atom. The zero-order valence-corrected chi connectivity index (χ0v) is 10.6. The molecule has 0 atom stereocenters. The summed E-state index contributed by atoms with van der Waals surface area (Å²) in [6.45, 7) is 0. The predicted molar refractivity (Wildman–Crippen MR) is 66.6 cm³/mol. The maximum Gasteiger partial charge on any atom is 0.433 e. The van der Waals surface area contributed by atoms with Crippen molar-refractivity contribution in [2.75, 3.05) is 0 Å². The van der Waals surface area contributed by atoms with Gasteiger partial charge in [-0.2, -0.15) is 13.2 Å². The number of rotatable bonds is 0. The summed E-state index contributed by atoms with van der Waals surface area (Å²) in [5, 5.41) is -0.325. The first kappa shape index (κ1) is 14.4. The molecule has 0 saturated carbocycles. The number of hydrogen-bond acceptors (Lipinski definition) is 1. The minimum Gasteiger partial charge on any atom is -0.230 e. The third-order valence-corrected chi connectivity index (χ3v) is 2.61. The van der Waals surface area contributed by atoms with E-state index in [1.54, 1.807) is 0 Å². The largest absolute Gasteiger partial charge is 0.433 e. The molecule has 0 aliphatic rings. The van der Waals surface area contributed by atoms with Crippen LogP contribution in [0.15, 0.2) is 36.4 Å². The molecule has 1 heterocycles. The standard InChI is InChI=1S/C14H6ClF4N/c15-13-10(5-8-12(20-13)14(17,18)19)4-1-9-2-6-11(16)7-3-9/h2-3,5-8H. The number of alkyl halides is 3. The van der Waals surface area contributed by atoms with Crippen molar-refractivity contribution in [1.29, 1.82) is 0 Å². The molecular formula is C14H6ClF4N. The third-order valence-electron chi connectivity index (χ3n) is 2.32. The van der Waals surface area contributed by atoms with Crippen molar-refractivity contribution in [3.8, 4) is 11.8 Å². The highest BCUT2D eigenvalue weighted by molar-refractivity contribution is 6.30. The van der Waals surface area contributed by atoms with Crippen LogP contribution in [0.3, 0.4) is 0 Å². The van der Waals surface area contributed by atoms with Crippen LogP contribution in [0.25, 0.3) is 0 Å². The molecule has 0 N–H and O–H groups in total. The Morgan fingerprint density at radius 1 is 0.950 bits per heavy atom. The number of benzene rings is 1. The molecule has 0 amide bonds. The first-order chi connectivity index (χ1) is 9.36. The summed E-state index contributed by atoms with van der Waals surface area (Å²) in [6, 6.07) is 7.32. The first-order valence-electron chi connectivity index (χ1n) is 5.37. The molecule has 1 nitrogen and oxygen atoms in total. The van der Waals surface area contributed by atoms with Gasteiger partial charge < -0.3 is 0 Å². The lowest BCUT2D eigenvalue weighted by atomic mass is 10.2. The van der Waals surface area contributed by atoms with Gasteiger partial charge in [0.05, 0.1) is 5.56 Å². The van der Waals surface area contributed by atoms with Gasteiger partial charge in [0.25, 0.3) is 0 Å². The van der Waals surface area contributed by atoms with E-state index in [1.165, 1.54) is 24.3 Å². The molecule has 0 aliphatic carbocycles. The predicted octanol–water partition coefficient (Wildman–Crippen LogP) is 4.29. The van der Waals surface area contributed by atoms with Crippen molar-refractivity contribution in [1.82, 2.24) is 4.98 Å². The molecule has 0 fully saturated rings. The van der Waals surface area contributed by atoms with Gasteiger partial charge in [-0.1, -0.05) is 23.4 Å². The third kappa shape index (κ3) is 3.49. The van der Waals surface area contributed by atoms with Crippen LogP contribution in [0.5, 0.6) is 0 Å². The minimum atomic E-state index is -4.55. The van der Waals surface area contributed by atoms with Crippen LogP contribution in [0.2, 0.25) is 5.15 Å². The average Bonchev–Trinajstić information content (AvgIpc) is 2.38. The molecule has 0 aliphatic heterocycles. The van der Waals surface area contributed by atoms with E-state index in [4.69, 9.17) is 11.6 Å². The van der Waals surface area contributed by atoms with Crippen LogP contribution in [-0.2, 0) is 6.18 Å². The summed E-state index contributed by atoms with van der Waals surface area (Å²) in [5.74, 6) is 4.86. The molecule has 0 spiro atoms. The topological polar surface area (TPSA) is 12.9 Å².